The number of hydrogen-bond donors (Lipinski definition) is 2. The Bertz CT molecular complexity index is 300. The molecule has 1 saturated heterocycles. The lowest BCUT2D eigenvalue weighted by molar-refractivity contribution is -0.140. The van der Waals surface area contributed by atoms with Crippen LogP contribution in [-0.4, -0.2) is 46.4 Å². The molecule has 1 unspecified atom stereocenters. The summed E-state index contributed by atoms with van der Waals surface area (Å²) in [5.41, 5.74) is 0. The van der Waals surface area contributed by atoms with Gasteiger partial charge in [-0.1, -0.05) is 0 Å². The highest BCUT2D eigenvalue weighted by Gasteiger charge is 2.39. The van der Waals surface area contributed by atoms with E-state index in [1.165, 1.54) is 4.90 Å². The number of rotatable bonds is 4. The van der Waals surface area contributed by atoms with Gasteiger partial charge in [0.1, 0.15) is 0 Å². The number of carbonyl (C=O) groups is 3. The lowest BCUT2D eigenvalue weighted by atomic mass is 10.2. The van der Waals surface area contributed by atoms with Gasteiger partial charge < -0.3 is 5.11 Å². The fraction of sp³-hybridized carbons (Fsp3) is 0.667. The fourth-order valence-corrected chi connectivity index (χ4v) is 1.56. The molecular weight excluding hydrogens is 200 g/mol. The summed E-state index contributed by atoms with van der Waals surface area (Å²) in [6.07, 6.45) is 0.0459. The molecule has 84 valence electrons. The number of aliphatic carboxylic acids is 1. The van der Waals surface area contributed by atoms with Crippen LogP contribution in [0.1, 0.15) is 20.3 Å². The van der Waals surface area contributed by atoms with Gasteiger partial charge in [0, 0.05) is 6.04 Å². The van der Waals surface area contributed by atoms with E-state index >= 15 is 0 Å². The first-order valence-electron chi connectivity index (χ1n) is 4.74. The number of carboxylic acid groups (broad SMARTS) is 1. The quantitative estimate of drug-likeness (QED) is 0.598. The average Bonchev–Trinajstić information content (AvgIpc) is 2.37. The molecule has 0 aromatic rings. The zero-order valence-electron chi connectivity index (χ0n) is 8.69. The van der Waals surface area contributed by atoms with Crippen molar-refractivity contribution >= 4 is 17.8 Å². The molecule has 1 fully saturated rings. The molecule has 1 rings (SSSR count). The summed E-state index contributed by atoms with van der Waals surface area (Å²) in [6.45, 7) is 3.18. The van der Waals surface area contributed by atoms with Crippen molar-refractivity contribution in [3.05, 3.63) is 0 Å². The minimum atomic E-state index is -1.04. The number of imide groups is 1. The second-order valence-corrected chi connectivity index (χ2v) is 3.73. The molecule has 6 nitrogen and oxygen atoms in total. The average molecular weight is 214 g/mol. The Morgan fingerprint density at radius 2 is 2.20 bits per heavy atom. The molecule has 1 aliphatic heterocycles. The molecule has 0 aliphatic carbocycles. The lowest BCUT2D eigenvalue weighted by Gasteiger charge is -2.18. The van der Waals surface area contributed by atoms with Gasteiger partial charge in [-0.05, 0) is 13.8 Å². The number of carboxylic acids is 1. The maximum absolute atomic E-state index is 11.6. The van der Waals surface area contributed by atoms with E-state index < -0.39 is 12.0 Å². The minimum Gasteiger partial charge on any atom is -0.480 e. The van der Waals surface area contributed by atoms with E-state index in [1.54, 1.807) is 13.8 Å². The molecule has 0 bridgehead atoms. The maximum atomic E-state index is 11.6. The SMILES string of the molecule is CC(C)N1C(=O)CC(NCC(=O)O)C1=O. The highest BCUT2D eigenvalue weighted by Crippen LogP contribution is 2.15. The molecule has 2 N–H and O–H groups in total. The molecule has 6 heteroatoms. The van der Waals surface area contributed by atoms with Crippen molar-refractivity contribution in [2.24, 2.45) is 0 Å². The van der Waals surface area contributed by atoms with Gasteiger partial charge in [-0.2, -0.15) is 0 Å². The van der Waals surface area contributed by atoms with Crippen molar-refractivity contribution < 1.29 is 19.5 Å². The Morgan fingerprint density at radius 1 is 1.60 bits per heavy atom. The molecule has 0 saturated carbocycles. The predicted octanol–water partition coefficient (Wildman–Crippen LogP) is -0.803. The maximum Gasteiger partial charge on any atom is 0.317 e. The molecular formula is C9H14N2O4. The van der Waals surface area contributed by atoms with Gasteiger partial charge in [0.15, 0.2) is 0 Å². The Labute approximate surface area is 87.2 Å². The molecule has 1 aliphatic rings. The van der Waals surface area contributed by atoms with Gasteiger partial charge in [-0.3, -0.25) is 24.6 Å². The molecule has 15 heavy (non-hydrogen) atoms. The van der Waals surface area contributed by atoms with Crippen molar-refractivity contribution in [1.29, 1.82) is 0 Å². The monoisotopic (exact) mass is 214 g/mol. The van der Waals surface area contributed by atoms with Gasteiger partial charge in [0.25, 0.3) is 0 Å². The first-order chi connectivity index (χ1) is 6.93. The normalized spacial score (nSPS) is 21.5. The van der Waals surface area contributed by atoms with Crippen LogP contribution in [0.25, 0.3) is 0 Å². The van der Waals surface area contributed by atoms with Gasteiger partial charge in [-0.25, -0.2) is 0 Å². The van der Waals surface area contributed by atoms with Crippen LogP contribution >= 0.6 is 0 Å². The second-order valence-electron chi connectivity index (χ2n) is 3.73. The van der Waals surface area contributed by atoms with Gasteiger partial charge in [-0.15, -0.1) is 0 Å². The molecule has 0 aromatic heterocycles. The van der Waals surface area contributed by atoms with Crippen molar-refractivity contribution in [3.63, 3.8) is 0 Å². The highest BCUT2D eigenvalue weighted by molar-refractivity contribution is 6.05. The van der Waals surface area contributed by atoms with Crippen molar-refractivity contribution in [1.82, 2.24) is 10.2 Å². The Balaban J connectivity index is 2.61. The van der Waals surface area contributed by atoms with Crippen LogP contribution in [0.5, 0.6) is 0 Å². The zero-order valence-corrected chi connectivity index (χ0v) is 8.69. The van der Waals surface area contributed by atoms with Gasteiger partial charge in [0.2, 0.25) is 11.8 Å². The summed E-state index contributed by atoms with van der Waals surface area (Å²) in [5, 5.41) is 11.0. The van der Waals surface area contributed by atoms with Crippen LogP contribution in [0.3, 0.4) is 0 Å². The zero-order chi connectivity index (χ0) is 11.6. The molecule has 1 heterocycles. The van der Waals surface area contributed by atoms with E-state index in [9.17, 15) is 14.4 Å². The predicted molar refractivity (Wildman–Crippen MR) is 51.0 cm³/mol. The highest BCUT2D eigenvalue weighted by atomic mass is 16.4. The van der Waals surface area contributed by atoms with Crippen molar-refractivity contribution in [2.45, 2.75) is 32.4 Å². The van der Waals surface area contributed by atoms with Gasteiger partial charge >= 0.3 is 5.97 Å². The number of likely N-dealkylation sites (tertiary alicyclic amines) is 1. The van der Waals surface area contributed by atoms with E-state index in [-0.39, 0.29) is 30.8 Å². The lowest BCUT2D eigenvalue weighted by Crippen LogP contribution is -2.43. The first-order valence-corrected chi connectivity index (χ1v) is 4.74. The van der Waals surface area contributed by atoms with Gasteiger partial charge in [0.05, 0.1) is 19.0 Å². The van der Waals surface area contributed by atoms with E-state index in [0.29, 0.717) is 0 Å². The fourth-order valence-electron chi connectivity index (χ4n) is 1.56. The van der Waals surface area contributed by atoms with Crippen LogP contribution in [-0.2, 0) is 14.4 Å². The Morgan fingerprint density at radius 3 is 2.60 bits per heavy atom. The Kier molecular flexibility index (Phi) is 3.41. The summed E-state index contributed by atoms with van der Waals surface area (Å²) in [7, 11) is 0. The summed E-state index contributed by atoms with van der Waals surface area (Å²) in [4.78, 5) is 34.5. The molecule has 0 radical (unpaired) electrons. The topological polar surface area (TPSA) is 86.7 Å². The number of nitrogens with zero attached hydrogens (tertiary/aromatic N) is 1. The van der Waals surface area contributed by atoms with Crippen molar-refractivity contribution in [3.8, 4) is 0 Å². The molecule has 0 spiro atoms. The van der Waals surface area contributed by atoms with Crippen LogP contribution in [0, 0.1) is 0 Å². The largest absolute Gasteiger partial charge is 0.480 e. The summed E-state index contributed by atoms with van der Waals surface area (Å²) >= 11 is 0. The smallest absolute Gasteiger partial charge is 0.317 e. The summed E-state index contributed by atoms with van der Waals surface area (Å²) in [5.74, 6) is -1.63. The summed E-state index contributed by atoms with van der Waals surface area (Å²) in [6, 6.07) is -0.863. The minimum absolute atomic E-state index is 0.0459. The van der Waals surface area contributed by atoms with E-state index in [2.05, 4.69) is 5.32 Å². The number of carbonyl (C=O) groups excluding carboxylic acids is 2. The van der Waals surface area contributed by atoms with Crippen LogP contribution in [0.4, 0.5) is 0 Å². The summed E-state index contributed by atoms with van der Waals surface area (Å²) < 4.78 is 0. The number of amides is 2. The third kappa shape index (κ3) is 2.53. The van der Waals surface area contributed by atoms with Crippen molar-refractivity contribution in [2.75, 3.05) is 6.54 Å². The molecule has 2 amide bonds. The third-order valence-electron chi connectivity index (χ3n) is 2.20. The van der Waals surface area contributed by atoms with Crippen LogP contribution in [0.2, 0.25) is 0 Å². The molecule has 1 atom stereocenters. The van der Waals surface area contributed by atoms with Crippen LogP contribution in [0.15, 0.2) is 0 Å². The first kappa shape index (κ1) is 11.6. The van der Waals surface area contributed by atoms with Crippen LogP contribution < -0.4 is 5.32 Å². The third-order valence-corrected chi connectivity index (χ3v) is 2.20. The number of hydrogen-bond acceptors (Lipinski definition) is 4. The van der Waals surface area contributed by atoms with E-state index in [0.717, 1.165) is 0 Å². The Hall–Kier alpha value is -1.43. The number of nitrogens with one attached hydrogen (secondary N) is 1. The second kappa shape index (κ2) is 4.39. The van der Waals surface area contributed by atoms with E-state index in [4.69, 9.17) is 5.11 Å². The standard InChI is InChI=1S/C9H14N2O4/c1-5(2)11-7(12)3-6(9(11)15)10-4-8(13)14/h5-6,10H,3-4H2,1-2H3,(H,13,14). The van der Waals surface area contributed by atoms with E-state index in [1.807, 2.05) is 0 Å². The molecule has 0 aromatic carbocycles.